The predicted molar refractivity (Wildman–Crippen MR) is 62.7 cm³/mol. The number of benzene rings is 1. The molecule has 0 radical (unpaired) electrons. The molecule has 0 bridgehead atoms. The molecule has 1 heterocycles. The van der Waals surface area contributed by atoms with E-state index in [4.69, 9.17) is 5.83 Å². The second-order valence-corrected chi connectivity index (χ2v) is 4.71. The fourth-order valence-electron chi connectivity index (χ4n) is 1.37. The van der Waals surface area contributed by atoms with Crippen molar-refractivity contribution < 1.29 is 19.2 Å². The standard InChI is InChI=1S/C11H9FN2O3S/c1-18(16)11-14-8(10(13)15)9(17-11)6-2-4-7(12)5-3-6/h2-5H,1H3,(H2,13,15)/i/hD. The van der Waals surface area contributed by atoms with Crippen LogP contribution in [0.3, 0.4) is 0 Å². The van der Waals surface area contributed by atoms with Crippen molar-refractivity contribution in [1.29, 1.82) is 0 Å². The van der Waals surface area contributed by atoms with E-state index < -0.39 is 22.5 Å². The smallest absolute Gasteiger partial charge is 0.287 e. The lowest BCUT2D eigenvalue weighted by Crippen LogP contribution is -2.12. The summed E-state index contributed by atoms with van der Waals surface area (Å²) in [5, 5.41) is -0.127. The average Bonchev–Trinajstić information content (AvgIpc) is 2.84. The highest BCUT2D eigenvalue weighted by molar-refractivity contribution is 7.84. The normalized spacial score (nSPS) is 12.9. The van der Waals surface area contributed by atoms with E-state index in [-0.39, 0.29) is 16.7 Å². The van der Waals surface area contributed by atoms with Crippen LogP contribution in [-0.4, -0.2) is 21.4 Å². The van der Waals surface area contributed by atoms with Gasteiger partial charge in [0.05, 0.1) is 0 Å². The Morgan fingerprint density at radius 1 is 1.50 bits per heavy atom. The number of nitrogens with two attached hydrogens (primary N) is 1. The largest absolute Gasteiger partial charge is 0.429 e. The highest BCUT2D eigenvalue weighted by Crippen LogP contribution is 2.26. The zero-order valence-electron chi connectivity index (χ0n) is 10.3. The molecule has 7 heteroatoms. The number of halogens is 1. The van der Waals surface area contributed by atoms with Crippen molar-refractivity contribution in [2.45, 2.75) is 5.22 Å². The van der Waals surface area contributed by atoms with Crippen LogP contribution in [0, 0.1) is 5.82 Å². The molecule has 0 aliphatic rings. The third kappa shape index (κ3) is 2.30. The molecule has 0 spiro atoms. The third-order valence-electron chi connectivity index (χ3n) is 2.17. The Bertz CT molecular complexity index is 642. The summed E-state index contributed by atoms with van der Waals surface area (Å²) in [5.41, 5.74) is 1.92. The van der Waals surface area contributed by atoms with Gasteiger partial charge in [-0.1, -0.05) is 0 Å². The van der Waals surface area contributed by atoms with E-state index in [1.807, 2.05) is 0 Å². The van der Waals surface area contributed by atoms with Gasteiger partial charge in [0, 0.05) is 11.8 Å². The van der Waals surface area contributed by atoms with Crippen molar-refractivity contribution >= 4 is 16.7 Å². The average molecular weight is 269 g/mol. The van der Waals surface area contributed by atoms with Crippen LogP contribution in [0.15, 0.2) is 33.9 Å². The summed E-state index contributed by atoms with van der Waals surface area (Å²) >= 11 is 0. The molecular formula is C11H9FN2O3S. The van der Waals surface area contributed by atoms with Crippen molar-refractivity contribution in [2.75, 3.05) is 6.26 Å². The van der Waals surface area contributed by atoms with E-state index in [9.17, 15) is 13.4 Å². The number of nitrogens with zero attached hydrogens (tertiary/aromatic N) is 1. The van der Waals surface area contributed by atoms with Gasteiger partial charge < -0.3 is 10.1 Å². The SMILES string of the molecule is [2H]NC(=O)c1nc(S(C)=O)oc1-c1ccc(F)cc1. The molecule has 1 amide bonds. The number of rotatable bonds is 3. The molecule has 1 aromatic heterocycles. The predicted octanol–water partition coefficient (Wildman–Crippen LogP) is 1.32. The molecule has 2 rings (SSSR count). The maximum atomic E-state index is 12.9. The molecule has 1 atom stereocenters. The van der Waals surface area contributed by atoms with Crippen molar-refractivity contribution in [3.05, 3.63) is 35.8 Å². The molecule has 18 heavy (non-hydrogen) atoms. The Balaban J connectivity index is 2.57. The van der Waals surface area contributed by atoms with E-state index in [1.54, 1.807) is 5.73 Å². The van der Waals surface area contributed by atoms with Gasteiger partial charge >= 0.3 is 0 Å². The van der Waals surface area contributed by atoms with Crippen LogP contribution in [0.2, 0.25) is 1.41 Å². The minimum atomic E-state index is -1.51. The van der Waals surface area contributed by atoms with Gasteiger partial charge in [-0.05, 0) is 24.3 Å². The van der Waals surface area contributed by atoms with Crippen LogP contribution < -0.4 is 5.73 Å². The Kier molecular flexibility index (Phi) is 2.89. The molecule has 0 saturated heterocycles. The Morgan fingerprint density at radius 2 is 2.17 bits per heavy atom. The molecule has 0 saturated carbocycles. The number of carbonyl (C=O) groups excluding carboxylic acids is 1. The third-order valence-corrected chi connectivity index (χ3v) is 2.84. The van der Waals surface area contributed by atoms with Crippen LogP contribution in [0.1, 0.15) is 10.5 Å². The van der Waals surface area contributed by atoms with Crippen LogP contribution in [0.5, 0.6) is 0 Å². The summed E-state index contributed by atoms with van der Waals surface area (Å²) in [7, 11) is -1.51. The van der Waals surface area contributed by atoms with Gasteiger partial charge in [0.2, 0.25) is 0 Å². The number of oxazole rings is 1. The minimum Gasteiger partial charge on any atom is -0.429 e. The molecule has 2 N–H and O–H groups in total. The lowest BCUT2D eigenvalue weighted by molar-refractivity contribution is 0.0996. The van der Waals surface area contributed by atoms with E-state index >= 15 is 0 Å². The topological polar surface area (TPSA) is 86.2 Å². The number of primary amides is 1. The molecule has 0 fully saturated rings. The second-order valence-electron chi connectivity index (χ2n) is 3.45. The van der Waals surface area contributed by atoms with Gasteiger partial charge in [-0.25, -0.2) is 8.60 Å². The maximum Gasteiger partial charge on any atom is 0.287 e. The summed E-state index contributed by atoms with van der Waals surface area (Å²) in [4.78, 5) is 15.3. The Labute approximate surface area is 106 Å². The zero-order valence-corrected chi connectivity index (χ0v) is 10.1. The fraction of sp³-hybridized carbons (Fsp3) is 0.0909. The van der Waals surface area contributed by atoms with Crippen LogP contribution >= 0.6 is 0 Å². The van der Waals surface area contributed by atoms with Crippen molar-refractivity contribution in [2.24, 2.45) is 5.73 Å². The van der Waals surface area contributed by atoms with Crippen LogP contribution in [-0.2, 0) is 10.8 Å². The zero-order chi connectivity index (χ0) is 14.0. The number of amides is 1. The Morgan fingerprint density at radius 3 is 2.72 bits per heavy atom. The number of carbonyl (C=O) groups is 1. The van der Waals surface area contributed by atoms with Crippen LogP contribution in [0.25, 0.3) is 11.3 Å². The van der Waals surface area contributed by atoms with Gasteiger partial charge in [0.1, 0.15) is 16.6 Å². The number of hydrogen-bond donors (Lipinski definition) is 1. The molecule has 1 aromatic carbocycles. The summed E-state index contributed by atoms with van der Waals surface area (Å²) in [5.74, 6) is -1.18. The quantitative estimate of drug-likeness (QED) is 0.910. The molecule has 5 nitrogen and oxygen atoms in total. The first-order valence-electron chi connectivity index (χ1n) is 5.35. The highest BCUT2D eigenvalue weighted by Gasteiger charge is 2.20. The highest BCUT2D eigenvalue weighted by atomic mass is 32.2. The van der Waals surface area contributed by atoms with Crippen molar-refractivity contribution in [3.63, 3.8) is 0 Å². The van der Waals surface area contributed by atoms with E-state index in [2.05, 4.69) is 4.98 Å². The summed E-state index contributed by atoms with van der Waals surface area (Å²) in [6, 6.07) is 5.20. The minimum absolute atomic E-state index is 0.0509. The lowest BCUT2D eigenvalue weighted by Gasteiger charge is -1.97. The molecule has 0 aliphatic heterocycles. The first kappa shape index (κ1) is 11.1. The van der Waals surface area contributed by atoms with E-state index in [1.165, 1.54) is 30.5 Å². The first-order valence-corrected chi connectivity index (χ1v) is 6.41. The molecular weight excluding hydrogens is 259 g/mol. The first-order chi connectivity index (χ1) is 9.02. The monoisotopic (exact) mass is 269 g/mol. The van der Waals surface area contributed by atoms with E-state index in [0.717, 1.165) is 0 Å². The molecule has 0 aliphatic carbocycles. The second kappa shape index (κ2) is 4.69. The number of aromatic nitrogens is 1. The van der Waals surface area contributed by atoms with E-state index in [0.29, 0.717) is 5.56 Å². The molecule has 2 aromatic rings. The molecule has 94 valence electrons. The lowest BCUT2D eigenvalue weighted by atomic mass is 10.1. The van der Waals surface area contributed by atoms with Crippen molar-refractivity contribution in [3.8, 4) is 11.3 Å². The van der Waals surface area contributed by atoms with Crippen molar-refractivity contribution in [1.82, 2.24) is 4.98 Å². The van der Waals surface area contributed by atoms with Gasteiger partial charge in [0.15, 0.2) is 12.9 Å². The summed E-state index contributed by atoms with van der Waals surface area (Å²) in [6.45, 7) is 0. The summed E-state index contributed by atoms with van der Waals surface area (Å²) in [6.07, 6.45) is 1.35. The van der Waals surface area contributed by atoms with Crippen LogP contribution in [0.4, 0.5) is 4.39 Å². The number of hydrogen-bond acceptors (Lipinski definition) is 4. The summed E-state index contributed by atoms with van der Waals surface area (Å²) < 4.78 is 36.3. The van der Waals surface area contributed by atoms with Gasteiger partial charge in [-0.3, -0.25) is 4.79 Å². The maximum absolute atomic E-state index is 12.9. The van der Waals surface area contributed by atoms with Gasteiger partial charge in [0.25, 0.3) is 11.1 Å². The molecule has 1 unspecified atom stereocenters. The van der Waals surface area contributed by atoms with Gasteiger partial charge in [-0.15, -0.1) is 0 Å². The van der Waals surface area contributed by atoms with Gasteiger partial charge in [-0.2, -0.15) is 4.98 Å². The fourth-order valence-corrected chi connectivity index (χ4v) is 1.79. The Hall–Kier alpha value is -2.02.